The van der Waals surface area contributed by atoms with Gasteiger partial charge in [0.2, 0.25) is 11.2 Å². The molecule has 1 aromatic heterocycles. The Kier molecular flexibility index (Phi) is 5.43. The third kappa shape index (κ3) is 4.70. The van der Waals surface area contributed by atoms with Crippen molar-refractivity contribution in [2.75, 3.05) is 5.75 Å². The molecule has 0 amide bonds. The van der Waals surface area contributed by atoms with E-state index in [-0.39, 0.29) is 12.2 Å². The molecule has 0 N–H and O–H groups in total. The van der Waals surface area contributed by atoms with Crippen LogP contribution in [0.25, 0.3) is 33.8 Å². The van der Waals surface area contributed by atoms with Gasteiger partial charge in [0.05, 0.1) is 10.1 Å². The van der Waals surface area contributed by atoms with Crippen LogP contribution < -0.4 is 4.57 Å². The van der Waals surface area contributed by atoms with Gasteiger partial charge in [-0.3, -0.25) is 0 Å². The second-order valence-electron chi connectivity index (χ2n) is 7.02. The van der Waals surface area contributed by atoms with Gasteiger partial charge in [0.1, 0.15) is 0 Å². The van der Waals surface area contributed by atoms with Crippen molar-refractivity contribution in [1.82, 2.24) is 0 Å². The SMILES string of the molecule is O=S(=O)([O-])CCC[n+]1c(/C=C/c2ccc3ccccc3c2)ccc2ccccc21. The zero-order valence-electron chi connectivity index (χ0n) is 15.9. The first kappa shape index (κ1) is 19.3. The topological polar surface area (TPSA) is 61.1 Å². The summed E-state index contributed by atoms with van der Waals surface area (Å²) in [6, 6.07) is 26.6. The summed E-state index contributed by atoms with van der Waals surface area (Å²) < 4.78 is 35.1. The molecule has 0 radical (unpaired) electrons. The Morgan fingerprint density at radius 1 is 0.793 bits per heavy atom. The number of rotatable bonds is 6. The van der Waals surface area contributed by atoms with E-state index in [4.69, 9.17) is 0 Å². The zero-order valence-corrected chi connectivity index (χ0v) is 16.7. The summed E-state index contributed by atoms with van der Waals surface area (Å²) in [5.41, 5.74) is 3.06. The highest BCUT2D eigenvalue weighted by Gasteiger charge is 2.14. The Hall–Kier alpha value is -3.02. The van der Waals surface area contributed by atoms with Gasteiger partial charge >= 0.3 is 0 Å². The molecule has 0 bridgehead atoms. The summed E-state index contributed by atoms with van der Waals surface area (Å²) in [6.07, 6.45) is 4.36. The van der Waals surface area contributed by atoms with E-state index >= 15 is 0 Å². The third-order valence-corrected chi connectivity index (χ3v) is 5.76. The first-order valence-electron chi connectivity index (χ1n) is 9.52. The fourth-order valence-electron chi connectivity index (χ4n) is 3.57. The van der Waals surface area contributed by atoms with Crippen molar-refractivity contribution in [1.29, 1.82) is 0 Å². The van der Waals surface area contributed by atoms with Crippen LogP contribution in [0.2, 0.25) is 0 Å². The smallest absolute Gasteiger partial charge is 0.212 e. The summed E-state index contributed by atoms with van der Waals surface area (Å²) in [4.78, 5) is 0. The van der Waals surface area contributed by atoms with E-state index in [1.54, 1.807) is 0 Å². The highest BCUT2D eigenvalue weighted by Crippen LogP contribution is 2.18. The number of hydrogen-bond acceptors (Lipinski definition) is 3. The van der Waals surface area contributed by atoms with Crippen molar-refractivity contribution in [3.8, 4) is 0 Å². The molecule has 0 saturated heterocycles. The molecule has 3 aromatic carbocycles. The minimum absolute atomic E-state index is 0.279. The van der Waals surface area contributed by atoms with Crippen LogP contribution in [-0.4, -0.2) is 18.7 Å². The molecule has 0 spiro atoms. The van der Waals surface area contributed by atoms with Gasteiger partial charge < -0.3 is 4.55 Å². The molecule has 4 aromatic rings. The van der Waals surface area contributed by atoms with Crippen molar-refractivity contribution in [2.45, 2.75) is 13.0 Å². The van der Waals surface area contributed by atoms with Gasteiger partial charge in [-0.05, 0) is 40.6 Å². The highest BCUT2D eigenvalue weighted by atomic mass is 32.2. The van der Waals surface area contributed by atoms with Crippen LogP contribution in [0.3, 0.4) is 0 Å². The second kappa shape index (κ2) is 8.15. The molecule has 5 heteroatoms. The number of fused-ring (bicyclic) bond motifs is 2. The number of pyridine rings is 1. The maximum absolute atomic E-state index is 11.0. The number of nitrogens with zero attached hydrogens (tertiary/aromatic N) is 1. The van der Waals surface area contributed by atoms with Crippen LogP contribution in [0.5, 0.6) is 0 Å². The molecule has 0 unspecified atom stereocenters. The van der Waals surface area contributed by atoms with Gasteiger partial charge in [-0.2, -0.15) is 4.57 Å². The first-order chi connectivity index (χ1) is 14.0. The summed E-state index contributed by atoms with van der Waals surface area (Å²) >= 11 is 0. The van der Waals surface area contributed by atoms with Gasteiger partial charge in [0.25, 0.3) is 0 Å². The lowest BCUT2D eigenvalue weighted by Gasteiger charge is -2.07. The average Bonchev–Trinajstić information content (AvgIpc) is 2.72. The van der Waals surface area contributed by atoms with Crippen LogP contribution in [0, 0.1) is 0 Å². The minimum atomic E-state index is -4.22. The Bertz CT molecular complexity index is 1310. The molecule has 0 atom stereocenters. The van der Waals surface area contributed by atoms with Crippen LogP contribution >= 0.6 is 0 Å². The second-order valence-corrected chi connectivity index (χ2v) is 8.55. The van der Waals surface area contributed by atoms with Gasteiger partial charge in [-0.1, -0.05) is 48.5 Å². The van der Waals surface area contributed by atoms with E-state index < -0.39 is 10.1 Å². The van der Waals surface area contributed by atoms with E-state index in [1.807, 2.05) is 48.5 Å². The minimum Gasteiger partial charge on any atom is -0.748 e. The summed E-state index contributed by atoms with van der Waals surface area (Å²) in [5.74, 6) is -0.364. The van der Waals surface area contributed by atoms with E-state index in [0.29, 0.717) is 6.54 Å². The van der Waals surface area contributed by atoms with Gasteiger partial charge in [0.15, 0.2) is 6.54 Å². The number of hydrogen-bond donors (Lipinski definition) is 0. The Morgan fingerprint density at radius 3 is 2.28 bits per heavy atom. The number of benzene rings is 3. The zero-order chi connectivity index (χ0) is 20.3. The van der Waals surface area contributed by atoms with E-state index in [0.717, 1.165) is 22.2 Å². The van der Waals surface area contributed by atoms with Crippen LogP contribution in [-0.2, 0) is 16.7 Å². The summed E-state index contributed by atoms with van der Waals surface area (Å²) in [6.45, 7) is 0.459. The Morgan fingerprint density at radius 2 is 1.48 bits per heavy atom. The molecule has 0 aliphatic heterocycles. The molecule has 0 fully saturated rings. The highest BCUT2D eigenvalue weighted by molar-refractivity contribution is 7.85. The van der Waals surface area contributed by atoms with Gasteiger partial charge in [0, 0.05) is 35.8 Å². The quantitative estimate of drug-likeness (QED) is 0.354. The predicted molar refractivity (Wildman–Crippen MR) is 116 cm³/mol. The number of aryl methyl sites for hydroxylation is 1. The Balaban J connectivity index is 1.69. The van der Waals surface area contributed by atoms with E-state index in [2.05, 4.69) is 47.0 Å². The molecular formula is C24H21NO3S. The summed E-state index contributed by atoms with van der Waals surface area (Å²) in [7, 11) is -4.22. The van der Waals surface area contributed by atoms with E-state index in [1.165, 1.54) is 10.8 Å². The van der Waals surface area contributed by atoms with Crippen molar-refractivity contribution < 1.29 is 17.5 Å². The van der Waals surface area contributed by atoms with Crippen LogP contribution in [0.15, 0.2) is 78.9 Å². The molecule has 146 valence electrons. The molecule has 4 rings (SSSR count). The third-order valence-electron chi connectivity index (χ3n) is 4.97. The van der Waals surface area contributed by atoms with Crippen molar-refractivity contribution >= 4 is 43.9 Å². The molecule has 0 aliphatic carbocycles. The predicted octanol–water partition coefficient (Wildman–Crippen LogP) is 4.39. The largest absolute Gasteiger partial charge is 0.748 e. The maximum atomic E-state index is 11.0. The fraction of sp³-hybridized carbons (Fsp3) is 0.125. The van der Waals surface area contributed by atoms with Crippen LogP contribution in [0.4, 0.5) is 0 Å². The standard InChI is InChI=1S/C24H21NO3S/c26-29(27,28)17-5-16-25-23(15-13-21-7-3-4-9-24(21)25)14-11-19-10-12-20-6-1-2-8-22(20)18-19/h1-4,6-15,18H,5,16-17H2/b14-11+. The Labute approximate surface area is 170 Å². The summed E-state index contributed by atoms with van der Waals surface area (Å²) in [5, 5.41) is 3.45. The lowest BCUT2D eigenvalue weighted by atomic mass is 10.1. The maximum Gasteiger partial charge on any atom is 0.212 e. The molecule has 0 aliphatic rings. The van der Waals surface area contributed by atoms with E-state index in [9.17, 15) is 13.0 Å². The first-order valence-corrected chi connectivity index (χ1v) is 11.1. The van der Waals surface area contributed by atoms with Gasteiger partial charge in [-0.25, -0.2) is 8.42 Å². The van der Waals surface area contributed by atoms with Crippen molar-refractivity contribution in [3.63, 3.8) is 0 Å². The molecule has 1 heterocycles. The average molecular weight is 404 g/mol. The van der Waals surface area contributed by atoms with Crippen molar-refractivity contribution in [3.05, 3.63) is 90.1 Å². The molecule has 0 saturated carbocycles. The number of para-hydroxylation sites is 1. The van der Waals surface area contributed by atoms with Gasteiger partial charge in [-0.15, -0.1) is 0 Å². The monoisotopic (exact) mass is 403 g/mol. The van der Waals surface area contributed by atoms with Crippen molar-refractivity contribution in [2.24, 2.45) is 0 Å². The fourth-order valence-corrected chi connectivity index (χ4v) is 4.05. The molecule has 29 heavy (non-hydrogen) atoms. The lowest BCUT2D eigenvalue weighted by Crippen LogP contribution is -2.38. The normalized spacial score (nSPS) is 12.2. The lowest BCUT2D eigenvalue weighted by molar-refractivity contribution is -0.673. The molecule has 4 nitrogen and oxygen atoms in total. The van der Waals surface area contributed by atoms with Crippen LogP contribution in [0.1, 0.15) is 17.7 Å². The molecular weight excluding hydrogens is 382 g/mol. The number of aromatic nitrogens is 1.